The van der Waals surface area contributed by atoms with Crippen molar-refractivity contribution in [2.45, 2.75) is 10.6 Å². The van der Waals surface area contributed by atoms with E-state index in [4.69, 9.17) is 28.3 Å². The van der Waals surface area contributed by atoms with Gasteiger partial charge < -0.3 is 5.11 Å². The van der Waals surface area contributed by atoms with Crippen LogP contribution in [-0.2, 0) is 15.6 Å². The molecule has 0 unspecified atom stereocenters. The third kappa shape index (κ3) is 3.56. The van der Waals surface area contributed by atoms with Crippen molar-refractivity contribution in [3.63, 3.8) is 0 Å². The van der Waals surface area contributed by atoms with Crippen LogP contribution in [0.25, 0.3) is 0 Å². The minimum atomic E-state index is -3.80. The lowest BCUT2D eigenvalue weighted by atomic mass is 10.2. The Morgan fingerprint density at radius 3 is 2.33 bits per heavy atom. The molecule has 2 aromatic rings. The highest BCUT2D eigenvalue weighted by Gasteiger charge is 2.21. The van der Waals surface area contributed by atoms with E-state index in [1.807, 2.05) is 0 Å². The van der Waals surface area contributed by atoms with Crippen molar-refractivity contribution in [2.24, 2.45) is 0 Å². The third-order valence-corrected chi connectivity index (χ3v) is 5.33. The van der Waals surface area contributed by atoms with Gasteiger partial charge in [0, 0.05) is 5.02 Å². The first-order valence-electron chi connectivity index (χ1n) is 5.80. The largest absolute Gasteiger partial charge is 0.478 e. The molecule has 0 spiro atoms. The minimum absolute atomic E-state index is 0.0212. The number of carboxylic acid groups (broad SMARTS) is 1. The lowest BCUT2D eigenvalue weighted by molar-refractivity contribution is 0.0696. The van der Waals surface area contributed by atoms with Crippen LogP contribution in [-0.4, -0.2) is 19.5 Å². The van der Waals surface area contributed by atoms with E-state index in [-0.39, 0.29) is 21.2 Å². The second-order valence-electron chi connectivity index (χ2n) is 4.30. The van der Waals surface area contributed by atoms with Gasteiger partial charge in [-0.1, -0.05) is 41.4 Å². The van der Waals surface area contributed by atoms with Crippen molar-refractivity contribution in [3.05, 3.63) is 63.6 Å². The van der Waals surface area contributed by atoms with Crippen molar-refractivity contribution >= 4 is 39.0 Å². The number of rotatable bonds is 4. The first kappa shape index (κ1) is 15.8. The standard InChI is InChI=1S/C14H10Cl2O4S/c15-11-4-2-1-3-10(11)8-21(19,20)13-7-9(14(17)18)5-6-12(13)16/h1-7H,8H2,(H,17,18). The van der Waals surface area contributed by atoms with Gasteiger partial charge in [0.15, 0.2) is 9.84 Å². The van der Waals surface area contributed by atoms with Gasteiger partial charge in [0.05, 0.1) is 21.2 Å². The molecule has 7 heteroatoms. The van der Waals surface area contributed by atoms with Gasteiger partial charge in [-0.2, -0.15) is 0 Å². The Kier molecular flexibility index (Phi) is 4.56. The van der Waals surface area contributed by atoms with Gasteiger partial charge in [0.25, 0.3) is 0 Å². The number of carbonyl (C=O) groups is 1. The number of benzene rings is 2. The Morgan fingerprint density at radius 1 is 1.05 bits per heavy atom. The predicted octanol–water partition coefficient (Wildman–Crippen LogP) is 3.67. The van der Waals surface area contributed by atoms with E-state index in [0.717, 1.165) is 6.07 Å². The van der Waals surface area contributed by atoms with E-state index in [2.05, 4.69) is 0 Å². The molecule has 110 valence electrons. The number of halogens is 2. The maximum Gasteiger partial charge on any atom is 0.335 e. The summed E-state index contributed by atoms with van der Waals surface area (Å²) in [5.41, 5.74) is 0.285. The molecule has 4 nitrogen and oxygen atoms in total. The smallest absolute Gasteiger partial charge is 0.335 e. The molecule has 0 heterocycles. The van der Waals surface area contributed by atoms with E-state index in [1.54, 1.807) is 24.3 Å². The Balaban J connectivity index is 2.47. The zero-order chi connectivity index (χ0) is 15.6. The average Bonchev–Trinajstić information content (AvgIpc) is 2.41. The van der Waals surface area contributed by atoms with Gasteiger partial charge >= 0.3 is 5.97 Å². The summed E-state index contributed by atoms with van der Waals surface area (Å²) in [7, 11) is -3.80. The molecule has 0 aliphatic heterocycles. The number of carboxylic acids is 1. The Bertz CT molecular complexity index is 800. The summed E-state index contributed by atoms with van der Waals surface area (Å²) < 4.78 is 24.8. The molecule has 2 aromatic carbocycles. The fourth-order valence-corrected chi connectivity index (χ4v) is 4.01. The van der Waals surface area contributed by atoms with E-state index in [1.165, 1.54) is 12.1 Å². The molecular formula is C14H10Cl2O4S. The van der Waals surface area contributed by atoms with Crippen LogP contribution in [0.15, 0.2) is 47.4 Å². The van der Waals surface area contributed by atoms with Gasteiger partial charge in [-0.15, -0.1) is 0 Å². The van der Waals surface area contributed by atoms with Crippen molar-refractivity contribution in [2.75, 3.05) is 0 Å². The molecule has 1 N–H and O–H groups in total. The van der Waals surface area contributed by atoms with Crippen molar-refractivity contribution in [1.82, 2.24) is 0 Å². The van der Waals surface area contributed by atoms with Crippen LogP contribution in [0.4, 0.5) is 0 Å². The third-order valence-electron chi connectivity index (χ3n) is 2.82. The summed E-state index contributed by atoms with van der Waals surface area (Å²) in [6, 6.07) is 10.1. The number of aromatic carboxylic acids is 1. The van der Waals surface area contributed by atoms with Crippen LogP contribution >= 0.6 is 23.2 Å². The van der Waals surface area contributed by atoms with Crippen LogP contribution in [0.2, 0.25) is 10.0 Å². The molecule has 0 saturated heterocycles. The highest BCUT2D eigenvalue weighted by molar-refractivity contribution is 7.90. The molecule has 0 radical (unpaired) electrons. The summed E-state index contributed by atoms with van der Waals surface area (Å²) in [5, 5.41) is 9.25. The zero-order valence-corrected chi connectivity index (χ0v) is 12.9. The highest BCUT2D eigenvalue weighted by Crippen LogP contribution is 2.28. The molecule has 21 heavy (non-hydrogen) atoms. The Morgan fingerprint density at radius 2 is 1.71 bits per heavy atom. The monoisotopic (exact) mass is 344 g/mol. The molecule has 0 saturated carbocycles. The van der Waals surface area contributed by atoms with E-state index >= 15 is 0 Å². The molecule has 0 atom stereocenters. The highest BCUT2D eigenvalue weighted by atomic mass is 35.5. The Hall–Kier alpha value is -1.56. The normalized spacial score (nSPS) is 11.3. The van der Waals surface area contributed by atoms with E-state index in [0.29, 0.717) is 10.6 Å². The van der Waals surface area contributed by atoms with Gasteiger partial charge in [-0.3, -0.25) is 0 Å². The lowest BCUT2D eigenvalue weighted by Gasteiger charge is -2.09. The molecule has 2 rings (SSSR count). The van der Waals surface area contributed by atoms with Crippen LogP contribution in [0.5, 0.6) is 0 Å². The maximum atomic E-state index is 12.4. The van der Waals surface area contributed by atoms with E-state index in [9.17, 15) is 13.2 Å². The minimum Gasteiger partial charge on any atom is -0.478 e. The van der Waals surface area contributed by atoms with Gasteiger partial charge in [-0.05, 0) is 29.8 Å². The van der Waals surface area contributed by atoms with Crippen molar-refractivity contribution in [3.8, 4) is 0 Å². The van der Waals surface area contributed by atoms with Crippen molar-refractivity contribution < 1.29 is 18.3 Å². The molecule has 0 bridgehead atoms. The lowest BCUT2D eigenvalue weighted by Crippen LogP contribution is -2.08. The average molecular weight is 345 g/mol. The first-order chi connectivity index (χ1) is 9.81. The van der Waals surface area contributed by atoms with Gasteiger partial charge in [-0.25, -0.2) is 13.2 Å². The fourth-order valence-electron chi connectivity index (χ4n) is 1.77. The van der Waals surface area contributed by atoms with Gasteiger partial charge in [0.1, 0.15) is 0 Å². The SMILES string of the molecule is O=C(O)c1ccc(Cl)c(S(=O)(=O)Cc2ccccc2Cl)c1. The summed E-state index contributed by atoms with van der Waals surface area (Å²) in [6.45, 7) is 0. The zero-order valence-electron chi connectivity index (χ0n) is 10.6. The first-order valence-corrected chi connectivity index (χ1v) is 8.21. The second kappa shape index (κ2) is 6.05. The van der Waals surface area contributed by atoms with Crippen LogP contribution < -0.4 is 0 Å². The Labute approximate surface area is 131 Å². The van der Waals surface area contributed by atoms with Crippen LogP contribution in [0, 0.1) is 0 Å². The fraction of sp³-hybridized carbons (Fsp3) is 0.0714. The molecular weight excluding hydrogens is 335 g/mol. The topological polar surface area (TPSA) is 71.4 Å². The quantitative estimate of drug-likeness (QED) is 0.918. The number of hydrogen-bond acceptors (Lipinski definition) is 3. The summed E-state index contributed by atoms with van der Waals surface area (Å²) in [4.78, 5) is 10.7. The molecule has 0 aromatic heterocycles. The number of sulfone groups is 1. The maximum absolute atomic E-state index is 12.4. The summed E-state index contributed by atoms with van der Waals surface area (Å²) in [6.07, 6.45) is 0. The molecule has 0 amide bonds. The van der Waals surface area contributed by atoms with Crippen molar-refractivity contribution in [1.29, 1.82) is 0 Å². The van der Waals surface area contributed by atoms with Gasteiger partial charge in [0.2, 0.25) is 0 Å². The second-order valence-corrected chi connectivity index (χ2v) is 7.07. The summed E-state index contributed by atoms with van der Waals surface area (Å²) >= 11 is 11.8. The number of hydrogen-bond donors (Lipinski definition) is 1. The molecule has 0 aliphatic carbocycles. The molecule has 0 fully saturated rings. The van der Waals surface area contributed by atoms with Crippen LogP contribution in [0.1, 0.15) is 15.9 Å². The molecule has 0 aliphatic rings. The van der Waals surface area contributed by atoms with E-state index < -0.39 is 15.8 Å². The van der Waals surface area contributed by atoms with Crippen LogP contribution in [0.3, 0.4) is 0 Å². The summed E-state index contributed by atoms with van der Waals surface area (Å²) in [5.74, 6) is -1.57. The predicted molar refractivity (Wildman–Crippen MR) is 80.8 cm³/mol.